The van der Waals surface area contributed by atoms with Gasteiger partial charge in [0.15, 0.2) is 0 Å². The van der Waals surface area contributed by atoms with Crippen molar-refractivity contribution < 1.29 is 4.79 Å². The Labute approximate surface area is 158 Å². The number of benzene rings is 1. The minimum atomic E-state index is -0.742. The molecule has 2 aromatic rings. The van der Waals surface area contributed by atoms with Crippen LogP contribution >= 0.6 is 0 Å². The molecule has 0 aliphatic heterocycles. The van der Waals surface area contributed by atoms with Crippen LogP contribution in [0.4, 0.5) is 0 Å². The van der Waals surface area contributed by atoms with Gasteiger partial charge in [0, 0.05) is 24.8 Å². The van der Waals surface area contributed by atoms with Crippen LogP contribution in [-0.2, 0) is 24.4 Å². The lowest BCUT2D eigenvalue weighted by molar-refractivity contribution is -0.137. The van der Waals surface area contributed by atoms with E-state index < -0.39 is 23.3 Å². The minimum Gasteiger partial charge on any atom is -0.332 e. The molecular formula is C20H24N4O3. The standard InChI is InChI=1S/C20H24N4O3/c1-5-22-13-16(11-21)18(26)23(19(22)27)14-17(25)24(20(2,3)4)12-15-9-7-6-8-10-15/h6-10,13H,5,12,14H2,1-4H3. The molecule has 0 unspecified atom stereocenters. The van der Waals surface area contributed by atoms with Gasteiger partial charge in [-0.2, -0.15) is 5.26 Å². The van der Waals surface area contributed by atoms with E-state index in [0.29, 0.717) is 13.1 Å². The van der Waals surface area contributed by atoms with Crippen LogP contribution < -0.4 is 11.2 Å². The fourth-order valence-corrected chi connectivity index (χ4v) is 2.78. The molecular weight excluding hydrogens is 344 g/mol. The zero-order valence-corrected chi connectivity index (χ0v) is 16.1. The Hall–Kier alpha value is -3.14. The summed E-state index contributed by atoms with van der Waals surface area (Å²) in [5.74, 6) is -0.358. The zero-order valence-electron chi connectivity index (χ0n) is 16.1. The van der Waals surface area contributed by atoms with Gasteiger partial charge in [-0.3, -0.25) is 14.2 Å². The first-order valence-electron chi connectivity index (χ1n) is 8.77. The lowest BCUT2D eigenvalue weighted by Crippen LogP contribution is -2.50. The van der Waals surface area contributed by atoms with Crippen molar-refractivity contribution in [3.05, 3.63) is 68.5 Å². The molecule has 1 aromatic carbocycles. The molecule has 0 bridgehead atoms. The predicted molar refractivity (Wildman–Crippen MR) is 102 cm³/mol. The highest BCUT2D eigenvalue weighted by atomic mass is 16.2. The van der Waals surface area contributed by atoms with Crippen molar-refractivity contribution in [3.8, 4) is 6.07 Å². The molecule has 0 saturated heterocycles. The first-order valence-corrected chi connectivity index (χ1v) is 8.77. The predicted octanol–water partition coefficient (Wildman–Crippen LogP) is 1.73. The number of hydrogen-bond acceptors (Lipinski definition) is 4. The number of aromatic nitrogens is 2. The lowest BCUT2D eigenvalue weighted by atomic mass is 10.0. The van der Waals surface area contributed by atoms with Crippen LogP contribution in [0.25, 0.3) is 0 Å². The van der Waals surface area contributed by atoms with Crippen LogP contribution in [0, 0.1) is 11.3 Å². The fraction of sp³-hybridized carbons (Fsp3) is 0.400. The summed E-state index contributed by atoms with van der Waals surface area (Å²) in [5, 5.41) is 9.15. The van der Waals surface area contributed by atoms with E-state index in [0.717, 1.165) is 10.1 Å². The van der Waals surface area contributed by atoms with Crippen molar-refractivity contribution >= 4 is 5.91 Å². The van der Waals surface area contributed by atoms with Gasteiger partial charge in [0.05, 0.1) is 0 Å². The minimum absolute atomic E-state index is 0.158. The fourth-order valence-electron chi connectivity index (χ4n) is 2.78. The number of aryl methyl sites for hydroxylation is 1. The van der Waals surface area contributed by atoms with Crippen molar-refractivity contribution in [1.29, 1.82) is 5.26 Å². The number of rotatable bonds is 5. The van der Waals surface area contributed by atoms with Crippen LogP contribution in [0.3, 0.4) is 0 Å². The first kappa shape index (κ1) is 20.2. The molecule has 0 atom stereocenters. The van der Waals surface area contributed by atoms with Crippen molar-refractivity contribution in [2.75, 3.05) is 0 Å². The number of hydrogen-bond donors (Lipinski definition) is 0. The first-order chi connectivity index (χ1) is 12.7. The summed E-state index contributed by atoms with van der Waals surface area (Å²) in [6.07, 6.45) is 1.23. The Bertz CT molecular complexity index is 976. The molecule has 0 radical (unpaired) electrons. The smallest absolute Gasteiger partial charge is 0.331 e. The van der Waals surface area contributed by atoms with Gasteiger partial charge in [-0.1, -0.05) is 30.3 Å². The van der Waals surface area contributed by atoms with Crippen molar-refractivity contribution in [3.63, 3.8) is 0 Å². The van der Waals surface area contributed by atoms with Gasteiger partial charge in [-0.05, 0) is 33.3 Å². The van der Waals surface area contributed by atoms with E-state index in [4.69, 9.17) is 5.26 Å². The monoisotopic (exact) mass is 368 g/mol. The molecule has 0 N–H and O–H groups in total. The molecule has 7 heteroatoms. The second-order valence-electron chi connectivity index (χ2n) is 7.25. The molecule has 2 rings (SSSR count). The third-order valence-corrected chi connectivity index (χ3v) is 4.29. The highest BCUT2D eigenvalue weighted by Crippen LogP contribution is 2.18. The maximum absolute atomic E-state index is 13.0. The largest absolute Gasteiger partial charge is 0.332 e. The Kier molecular flexibility index (Phi) is 6.01. The maximum atomic E-state index is 13.0. The summed E-state index contributed by atoms with van der Waals surface area (Å²) in [7, 11) is 0. The maximum Gasteiger partial charge on any atom is 0.331 e. The molecule has 1 heterocycles. The SMILES string of the molecule is CCn1cc(C#N)c(=O)n(CC(=O)N(Cc2ccccc2)C(C)(C)C)c1=O. The van der Waals surface area contributed by atoms with Crippen LogP contribution in [0.15, 0.2) is 46.1 Å². The van der Waals surface area contributed by atoms with Gasteiger partial charge in [-0.25, -0.2) is 9.36 Å². The summed E-state index contributed by atoms with van der Waals surface area (Å²) in [5.41, 5.74) is -1.05. The van der Waals surface area contributed by atoms with E-state index in [1.165, 1.54) is 10.8 Å². The molecule has 0 spiro atoms. The van der Waals surface area contributed by atoms with Crippen LogP contribution in [-0.4, -0.2) is 25.5 Å². The molecule has 27 heavy (non-hydrogen) atoms. The number of nitriles is 1. The third kappa shape index (κ3) is 4.53. The average Bonchev–Trinajstić information content (AvgIpc) is 2.63. The Morgan fingerprint density at radius 2 is 1.81 bits per heavy atom. The van der Waals surface area contributed by atoms with Gasteiger partial charge < -0.3 is 4.90 Å². The Morgan fingerprint density at radius 1 is 1.19 bits per heavy atom. The quantitative estimate of drug-likeness (QED) is 0.804. The summed E-state index contributed by atoms with van der Waals surface area (Å²) in [6, 6.07) is 11.3. The second kappa shape index (κ2) is 8.04. The summed E-state index contributed by atoms with van der Waals surface area (Å²) in [4.78, 5) is 39.5. The topological polar surface area (TPSA) is 88.1 Å². The number of carbonyl (C=O) groups is 1. The van der Waals surface area contributed by atoms with Crippen molar-refractivity contribution in [1.82, 2.24) is 14.0 Å². The highest BCUT2D eigenvalue weighted by Gasteiger charge is 2.27. The highest BCUT2D eigenvalue weighted by molar-refractivity contribution is 5.76. The summed E-state index contributed by atoms with van der Waals surface area (Å²) in [6.45, 7) is 7.67. The van der Waals surface area contributed by atoms with Crippen molar-refractivity contribution in [2.45, 2.75) is 52.9 Å². The van der Waals surface area contributed by atoms with Gasteiger partial charge in [-0.15, -0.1) is 0 Å². The lowest BCUT2D eigenvalue weighted by Gasteiger charge is -2.36. The molecule has 0 saturated carbocycles. The Morgan fingerprint density at radius 3 is 2.33 bits per heavy atom. The zero-order chi connectivity index (χ0) is 20.2. The number of carbonyl (C=O) groups excluding carboxylic acids is 1. The molecule has 0 fully saturated rings. The van der Waals surface area contributed by atoms with Crippen LogP contribution in [0.2, 0.25) is 0 Å². The molecule has 142 valence electrons. The average molecular weight is 368 g/mol. The van der Waals surface area contributed by atoms with Crippen LogP contribution in [0.5, 0.6) is 0 Å². The van der Waals surface area contributed by atoms with Crippen LogP contribution in [0.1, 0.15) is 38.8 Å². The summed E-state index contributed by atoms with van der Waals surface area (Å²) < 4.78 is 2.10. The van der Waals surface area contributed by atoms with E-state index in [2.05, 4.69) is 0 Å². The molecule has 0 aliphatic rings. The van der Waals surface area contributed by atoms with Gasteiger partial charge in [0.1, 0.15) is 18.2 Å². The van der Waals surface area contributed by atoms with E-state index in [9.17, 15) is 14.4 Å². The van der Waals surface area contributed by atoms with E-state index in [1.54, 1.807) is 17.9 Å². The second-order valence-corrected chi connectivity index (χ2v) is 7.25. The Balaban J connectivity index is 2.43. The number of nitrogens with zero attached hydrogens (tertiary/aromatic N) is 4. The van der Waals surface area contributed by atoms with Gasteiger partial charge in [0.25, 0.3) is 5.56 Å². The molecule has 1 aromatic heterocycles. The number of amides is 1. The van der Waals surface area contributed by atoms with E-state index >= 15 is 0 Å². The van der Waals surface area contributed by atoms with E-state index in [-0.39, 0.29) is 11.5 Å². The summed E-state index contributed by atoms with van der Waals surface area (Å²) >= 11 is 0. The third-order valence-electron chi connectivity index (χ3n) is 4.29. The normalized spacial score (nSPS) is 11.1. The molecule has 0 aliphatic carbocycles. The molecule has 7 nitrogen and oxygen atoms in total. The molecule has 1 amide bonds. The van der Waals surface area contributed by atoms with E-state index in [1.807, 2.05) is 51.1 Å². The van der Waals surface area contributed by atoms with Gasteiger partial charge in [0.2, 0.25) is 5.91 Å². The van der Waals surface area contributed by atoms with Crippen molar-refractivity contribution in [2.24, 2.45) is 0 Å². The van der Waals surface area contributed by atoms with Gasteiger partial charge >= 0.3 is 5.69 Å².